The van der Waals surface area contributed by atoms with Crippen LogP contribution in [0.4, 0.5) is 0 Å². The minimum atomic E-state index is -3.75. The Morgan fingerprint density at radius 3 is 2.65 bits per heavy atom. The van der Waals surface area contributed by atoms with Crippen molar-refractivity contribution < 1.29 is 18.3 Å². The van der Waals surface area contributed by atoms with E-state index in [-0.39, 0.29) is 11.4 Å². The van der Waals surface area contributed by atoms with E-state index in [2.05, 4.69) is 9.71 Å². The normalized spacial score (nSPS) is 13.6. The predicted molar refractivity (Wildman–Crippen MR) is 60.0 cm³/mol. The number of carboxylic acids is 1. The van der Waals surface area contributed by atoms with Gasteiger partial charge in [-0.05, 0) is 13.8 Å². The average Bonchev–Trinajstić information content (AvgIpc) is 2.44. The van der Waals surface area contributed by atoms with Gasteiger partial charge in [0, 0.05) is 19.3 Å². The minimum Gasteiger partial charge on any atom is -0.481 e. The lowest BCUT2D eigenvalue weighted by Crippen LogP contribution is -2.34. The Morgan fingerprint density at radius 1 is 1.65 bits per heavy atom. The van der Waals surface area contributed by atoms with Crippen molar-refractivity contribution in [3.63, 3.8) is 0 Å². The number of aryl methyl sites for hydroxylation is 2. The van der Waals surface area contributed by atoms with Crippen molar-refractivity contribution in [1.82, 2.24) is 14.3 Å². The van der Waals surface area contributed by atoms with Crippen LogP contribution in [0.2, 0.25) is 0 Å². The Hall–Kier alpha value is -1.41. The second kappa shape index (κ2) is 4.84. The average molecular weight is 261 g/mol. The molecule has 0 saturated carbocycles. The monoisotopic (exact) mass is 261 g/mol. The van der Waals surface area contributed by atoms with Crippen LogP contribution in [-0.4, -0.2) is 35.1 Å². The zero-order chi connectivity index (χ0) is 13.2. The number of nitrogens with zero attached hydrogens (tertiary/aromatic N) is 2. The van der Waals surface area contributed by atoms with Crippen LogP contribution in [0.15, 0.2) is 11.2 Å². The molecule has 0 radical (unpaired) electrons. The number of carboxylic acid groups (broad SMARTS) is 1. The molecule has 1 atom stereocenters. The molecule has 0 aliphatic rings. The third kappa shape index (κ3) is 3.53. The summed E-state index contributed by atoms with van der Waals surface area (Å²) in [4.78, 5) is 14.3. The summed E-state index contributed by atoms with van der Waals surface area (Å²) >= 11 is 0. The van der Waals surface area contributed by atoms with E-state index in [1.807, 2.05) is 0 Å². The number of hydrogen-bond donors (Lipinski definition) is 2. The first-order chi connectivity index (χ1) is 7.72. The molecule has 1 aromatic rings. The lowest BCUT2D eigenvalue weighted by atomic mass is 10.3. The second-order valence-electron chi connectivity index (χ2n) is 3.86. The largest absolute Gasteiger partial charge is 0.481 e. The van der Waals surface area contributed by atoms with E-state index in [9.17, 15) is 13.2 Å². The molecular formula is C9H15N3O4S. The van der Waals surface area contributed by atoms with Gasteiger partial charge in [0.2, 0.25) is 0 Å². The first kappa shape index (κ1) is 13.7. The molecule has 0 aliphatic carbocycles. The molecule has 1 unspecified atom stereocenters. The Labute approximate surface area is 99.5 Å². The highest BCUT2D eigenvalue weighted by atomic mass is 32.2. The lowest BCUT2D eigenvalue weighted by molar-refractivity contribution is -0.137. The third-order valence-electron chi connectivity index (χ3n) is 2.20. The molecule has 1 aromatic heterocycles. The van der Waals surface area contributed by atoms with Crippen LogP contribution in [0.5, 0.6) is 0 Å². The molecule has 96 valence electrons. The van der Waals surface area contributed by atoms with E-state index in [1.165, 1.54) is 13.1 Å². The van der Waals surface area contributed by atoms with Crippen LogP contribution in [-0.2, 0) is 21.9 Å². The van der Waals surface area contributed by atoms with Gasteiger partial charge in [-0.1, -0.05) is 0 Å². The number of aromatic nitrogens is 2. The molecule has 0 bridgehead atoms. The van der Waals surface area contributed by atoms with Gasteiger partial charge in [-0.2, -0.15) is 0 Å². The Balaban J connectivity index is 2.85. The highest BCUT2D eigenvalue weighted by molar-refractivity contribution is 7.89. The van der Waals surface area contributed by atoms with E-state index in [0.29, 0.717) is 5.82 Å². The summed E-state index contributed by atoms with van der Waals surface area (Å²) in [5, 5.41) is 8.44. The number of aliphatic carboxylic acids is 1. The highest BCUT2D eigenvalue weighted by Crippen LogP contribution is 2.08. The minimum absolute atomic E-state index is 0.102. The third-order valence-corrected chi connectivity index (χ3v) is 3.66. The summed E-state index contributed by atoms with van der Waals surface area (Å²) in [5.74, 6) is -0.492. The Bertz CT molecular complexity index is 501. The number of imidazole rings is 1. The fourth-order valence-electron chi connectivity index (χ4n) is 1.28. The van der Waals surface area contributed by atoms with Crippen molar-refractivity contribution in [3.05, 3.63) is 12.0 Å². The van der Waals surface area contributed by atoms with Crippen molar-refractivity contribution in [3.8, 4) is 0 Å². The van der Waals surface area contributed by atoms with Crippen LogP contribution < -0.4 is 4.72 Å². The molecule has 0 saturated heterocycles. The predicted octanol–water partition coefficient (Wildman–Crippen LogP) is -0.130. The molecular weight excluding hydrogens is 246 g/mol. The number of sulfonamides is 1. The molecule has 17 heavy (non-hydrogen) atoms. The summed E-state index contributed by atoms with van der Waals surface area (Å²) in [6.07, 6.45) is 1.11. The maximum absolute atomic E-state index is 11.8. The summed E-state index contributed by atoms with van der Waals surface area (Å²) in [6, 6.07) is -0.681. The molecule has 0 amide bonds. The van der Waals surface area contributed by atoms with Crippen LogP contribution in [0.1, 0.15) is 19.2 Å². The molecule has 0 fully saturated rings. The molecule has 0 aliphatic heterocycles. The maximum atomic E-state index is 11.8. The van der Waals surface area contributed by atoms with Crippen LogP contribution >= 0.6 is 0 Å². The standard InChI is InChI=1S/C9H15N3O4S/c1-6(4-9(13)14)11-17(15,16)8-5-12(3)7(2)10-8/h5-6,11H,4H2,1-3H3,(H,13,14). The molecule has 2 N–H and O–H groups in total. The summed E-state index contributed by atoms with van der Waals surface area (Å²) in [7, 11) is -2.07. The quantitative estimate of drug-likeness (QED) is 0.768. The van der Waals surface area contributed by atoms with Gasteiger partial charge in [-0.3, -0.25) is 4.79 Å². The first-order valence-corrected chi connectivity index (χ1v) is 6.45. The zero-order valence-corrected chi connectivity index (χ0v) is 10.7. The van der Waals surface area contributed by atoms with Gasteiger partial charge in [0.1, 0.15) is 5.82 Å². The van der Waals surface area contributed by atoms with Crippen LogP contribution in [0.3, 0.4) is 0 Å². The molecule has 8 heteroatoms. The topological polar surface area (TPSA) is 101 Å². The van der Waals surface area contributed by atoms with E-state index < -0.39 is 22.0 Å². The maximum Gasteiger partial charge on any atom is 0.304 e. The van der Waals surface area contributed by atoms with E-state index >= 15 is 0 Å². The summed E-state index contributed by atoms with van der Waals surface area (Å²) < 4.78 is 27.5. The van der Waals surface area contributed by atoms with Gasteiger partial charge in [0.25, 0.3) is 10.0 Å². The molecule has 7 nitrogen and oxygen atoms in total. The number of nitrogens with one attached hydrogen (secondary N) is 1. The van der Waals surface area contributed by atoms with Crippen LogP contribution in [0.25, 0.3) is 0 Å². The molecule has 1 heterocycles. The van der Waals surface area contributed by atoms with Crippen molar-refractivity contribution in [2.75, 3.05) is 0 Å². The van der Waals surface area contributed by atoms with Crippen molar-refractivity contribution in [2.24, 2.45) is 7.05 Å². The molecule has 0 aromatic carbocycles. The Kier molecular flexibility index (Phi) is 3.89. The molecule has 1 rings (SSSR count). The van der Waals surface area contributed by atoms with Crippen LogP contribution in [0, 0.1) is 6.92 Å². The highest BCUT2D eigenvalue weighted by Gasteiger charge is 2.21. The zero-order valence-electron chi connectivity index (χ0n) is 9.84. The number of rotatable bonds is 5. The van der Waals surface area contributed by atoms with Gasteiger partial charge in [0.15, 0.2) is 5.03 Å². The fourth-order valence-corrected chi connectivity index (χ4v) is 2.57. The Morgan fingerprint density at radius 2 is 2.24 bits per heavy atom. The van der Waals surface area contributed by atoms with Crippen molar-refractivity contribution in [1.29, 1.82) is 0 Å². The first-order valence-electron chi connectivity index (χ1n) is 4.96. The number of carbonyl (C=O) groups is 1. The van der Waals surface area contributed by atoms with Gasteiger partial charge in [-0.25, -0.2) is 18.1 Å². The van der Waals surface area contributed by atoms with Crippen molar-refractivity contribution in [2.45, 2.75) is 31.3 Å². The van der Waals surface area contributed by atoms with Gasteiger partial charge in [-0.15, -0.1) is 0 Å². The number of hydrogen-bond acceptors (Lipinski definition) is 4. The SMILES string of the molecule is Cc1nc(S(=O)(=O)NC(C)CC(=O)O)cn1C. The smallest absolute Gasteiger partial charge is 0.304 e. The van der Waals surface area contributed by atoms with Crippen molar-refractivity contribution >= 4 is 16.0 Å². The molecule has 0 spiro atoms. The van der Waals surface area contributed by atoms with Gasteiger partial charge < -0.3 is 9.67 Å². The van der Waals surface area contributed by atoms with E-state index in [1.54, 1.807) is 18.5 Å². The van der Waals surface area contributed by atoms with Gasteiger partial charge >= 0.3 is 5.97 Å². The van der Waals surface area contributed by atoms with E-state index in [4.69, 9.17) is 5.11 Å². The second-order valence-corrected chi connectivity index (χ2v) is 5.52. The lowest BCUT2D eigenvalue weighted by Gasteiger charge is -2.10. The van der Waals surface area contributed by atoms with Gasteiger partial charge in [0.05, 0.1) is 6.42 Å². The summed E-state index contributed by atoms with van der Waals surface area (Å²) in [6.45, 7) is 3.17. The summed E-state index contributed by atoms with van der Waals surface area (Å²) in [5.41, 5.74) is 0. The fraction of sp³-hybridized carbons (Fsp3) is 0.556. The van der Waals surface area contributed by atoms with E-state index in [0.717, 1.165) is 0 Å².